The quantitative estimate of drug-likeness (QED) is 0.581. The van der Waals surface area contributed by atoms with Crippen LogP contribution in [0.4, 0.5) is 11.4 Å². The van der Waals surface area contributed by atoms with Crippen molar-refractivity contribution in [3.63, 3.8) is 0 Å². The van der Waals surface area contributed by atoms with Crippen LogP contribution in [0.25, 0.3) is 11.0 Å². The van der Waals surface area contributed by atoms with Gasteiger partial charge in [-0.1, -0.05) is 13.0 Å². The van der Waals surface area contributed by atoms with Crippen LogP contribution in [0.5, 0.6) is 0 Å². The van der Waals surface area contributed by atoms with Crippen molar-refractivity contribution in [1.82, 2.24) is 9.97 Å². The molecule has 0 bridgehead atoms. The van der Waals surface area contributed by atoms with Crippen molar-refractivity contribution < 1.29 is 9.59 Å². The number of imidazole rings is 1. The number of amides is 2. The van der Waals surface area contributed by atoms with E-state index in [1.165, 1.54) is 0 Å². The molecule has 0 spiro atoms. The fourth-order valence-electron chi connectivity index (χ4n) is 2.97. The number of carbonyl (C=O) groups excluding carboxylic acids is 2. The van der Waals surface area contributed by atoms with E-state index in [1.54, 1.807) is 42.5 Å². The van der Waals surface area contributed by atoms with Gasteiger partial charge in [0.15, 0.2) is 0 Å². The van der Waals surface area contributed by atoms with Crippen LogP contribution < -0.4 is 16.3 Å². The molecule has 1 aliphatic carbocycles. The van der Waals surface area contributed by atoms with Gasteiger partial charge in [0.25, 0.3) is 5.91 Å². The van der Waals surface area contributed by atoms with Gasteiger partial charge in [-0.3, -0.25) is 9.59 Å². The predicted octanol–water partition coefficient (Wildman–Crippen LogP) is 2.70. The van der Waals surface area contributed by atoms with Gasteiger partial charge in [0.1, 0.15) is 0 Å². The first kappa shape index (κ1) is 16.1. The molecule has 1 heterocycles. The van der Waals surface area contributed by atoms with Gasteiger partial charge in [0.2, 0.25) is 5.91 Å². The molecular weight excluding hydrogens is 332 g/mol. The Morgan fingerprint density at radius 2 is 1.73 bits per heavy atom. The Balaban J connectivity index is 1.49. The number of hydrogen-bond acceptors (Lipinski definition) is 3. The fraction of sp³-hybridized carbons (Fsp3) is 0.211. The summed E-state index contributed by atoms with van der Waals surface area (Å²) in [5.41, 5.74) is 2.61. The second-order valence-electron chi connectivity index (χ2n) is 6.68. The maximum Gasteiger partial charge on any atom is 0.323 e. The third kappa shape index (κ3) is 3.23. The molecule has 7 heteroatoms. The number of nitrogens with one attached hydrogen (secondary N) is 4. The minimum atomic E-state index is -0.295. The summed E-state index contributed by atoms with van der Waals surface area (Å²) >= 11 is 0. The van der Waals surface area contributed by atoms with Crippen molar-refractivity contribution >= 4 is 34.2 Å². The lowest BCUT2D eigenvalue weighted by molar-refractivity contribution is -0.117. The van der Waals surface area contributed by atoms with Crippen LogP contribution in [0.2, 0.25) is 0 Å². The van der Waals surface area contributed by atoms with Crippen molar-refractivity contribution in [3.05, 3.63) is 58.5 Å². The minimum absolute atomic E-state index is 0.00285. The zero-order valence-electron chi connectivity index (χ0n) is 14.1. The normalized spacial score (nSPS) is 18.5. The van der Waals surface area contributed by atoms with Gasteiger partial charge in [-0.15, -0.1) is 0 Å². The van der Waals surface area contributed by atoms with Gasteiger partial charge in [0.05, 0.1) is 11.0 Å². The van der Waals surface area contributed by atoms with Crippen molar-refractivity contribution in [3.8, 4) is 0 Å². The summed E-state index contributed by atoms with van der Waals surface area (Å²) in [4.78, 5) is 41.1. The summed E-state index contributed by atoms with van der Waals surface area (Å²) in [6, 6.07) is 11.9. The molecule has 0 radical (unpaired) electrons. The van der Waals surface area contributed by atoms with Crippen molar-refractivity contribution in [2.45, 2.75) is 13.3 Å². The zero-order chi connectivity index (χ0) is 18.3. The fourth-order valence-corrected chi connectivity index (χ4v) is 2.97. The number of benzene rings is 2. The summed E-state index contributed by atoms with van der Waals surface area (Å²) in [5, 5.41) is 5.65. The third-order valence-corrected chi connectivity index (χ3v) is 4.61. The standard InChI is InChI=1S/C19H18N4O3/c1-10-7-14(10)18(25)21-12-4-2-3-11(8-12)17(24)20-13-5-6-15-16(9-13)23-19(26)22-15/h2-6,8-10,14H,7H2,1H3,(H,20,24)(H,21,25)(H2,22,23,26)/t10-,14-/m0/s1. The molecule has 4 N–H and O–H groups in total. The molecule has 26 heavy (non-hydrogen) atoms. The first-order chi connectivity index (χ1) is 12.5. The molecular formula is C19H18N4O3. The monoisotopic (exact) mass is 350 g/mol. The third-order valence-electron chi connectivity index (χ3n) is 4.61. The van der Waals surface area contributed by atoms with Gasteiger partial charge in [-0.25, -0.2) is 4.79 Å². The Bertz CT molecular complexity index is 1070. The first-order valence-electron chi connectivity index (χ1n) is 8.44. The van der Waals surface area contributed by atoms with Gasteiger partial charge in [-0.2, -0.15) is 0 Å². The van der Waals surface area contributed by atoms with Gasteiger partial charge in [-0.05, 0) is 48.7 Å². The molecule has 1 aliphatic rings. The van der Waals surface area contributed by atoms with Gasteiger partial charge in [0, 0.05) is 22.9 Å². The Morgan fingerprint density at radius 3 is 2.50 bits per heavy atom. The van der Waals surface area contributed by atoms with Crippen LogP contribution in [0.15, 0.2) is 47.3 Å². The highest BCUT2D eigenvalue weighted by Crippen LogP contribution is 2.38. The topological polar surface area (TPSA) is 107 Å². The van der Waals surface area contributed by atoms with Crippen LogP contribution >= 0.6 is 0 Å². The van der Waals surface area contributed by atoms with E-state index >= 15 is 0 Å². The number of H-pyrrole nitrogens is 2. The highest BCUT2D eigenvalue weighted by Gasteiger charge is 2.39. The first-order valence-corrected chi connectivity index (χ1v) is 8.44. The second kappa shape index (κ2) is 6.18. The highest BCUT2D eigenvalue weighted by atomic mass is 16.2. The van der Waals surface area contributed by atoms with Crippen molar-refractivity contribution in [1.29, 1.82) is 0 Å². The Labute approximate surface area is 148 Å². The van der Waals surface area contributed by atoms with E-state index in [-0.39, 0.29) is 23.4 Å². The molecule has 2 amide bonds. The Kier molecular flexibility index (Phi) is 3.84. The maximum atomic E-state index is 12.5. The van der Waals surface area contributed by atoms with Crippen LogP contribution in [0.1, 0.15) is 23.7 Å². The van der Waals surface area contributed by atoms with E-state index in [2.05, 4.69) is 20.6 Å². The van der Waals surface area contributed by atoms with Crippen molar-refractivity contribution in [2.24, 2.45) is 11.8 Å². The molecule has 4 rings (SSSR count). The lowest BCUT2D eigenvalue weighted by atomic mass is 10.1. The second-order valence-corrected chi connectivity index (χ2v) is 6.68. The summed E-state index contributed by atoms with van der Waals surface area (Å²) in [6.07, 6.45) is 0.912. The van der Waals surface area contributed by atoms with E-state index in [1.807, 2.05) is 6.92 Å². The van der Waals surface area contributed by atoms with E-state index < -0.39 is 0 Å². The average molecular weight is 350 g/mol. The molecule has 1 fully saturated rings. The molecule has 1 saturated carbocycles. The number of carbonyl (C=O) groups is 2. The molecule has 1 aromatic heterocycles. The lowest BCUT2D eigenvalue weighted by Crippen LogP contribution is -2.16. The minimum Gasteiger partial charge on any atom is -0.326 e. The summed E-state index contributed by atoms with van der Waals surface area (Å²) in [5.74, 6) is 0.203. The lowest BCUT2D eigenvalue weighted by Gasteiger charge is -2.08. The Hall–Kier alpha value is -3.35. The molecule has 3 aromatic rings. The number of fused-ring (bicyclic) bond motifs is 1. The largest absolute Gasteiger partial charge is 0.326 e. The predicted molar refractivity (Wildman–Crippen MR) is 99.2 cm³/mol. The van der Waals surface area contributed by atoms with E-state index in [0.29, 0.717) is 33.9 Å². The molecule has 2 atom stereocenters. The number of anilines is 2. The number of hydrogen-bond donors (Lipinski definition) is 4. The number of rotatable bonds is 4. The summed E-state index contributed by atoms with van der Waals surface area (Å²) in [6.45, 7) is 2.04. The summed E-state index contributed by atoms with van der Waals surface area (Å²) < 4.78 is 0. The maximum absolute atomic E-state index is 12.5. The highest BCUT2D eigenvalue weighted by molar-refractivity contribution is 6.06. The smallest absolute Gasteiger partial charge is 0.323 e. The van der Waals surface area contributed by atoms with Crippen LogP contribution in [-0.4, -0.2) is 21.8 Å². The molecule has 7 nitrogen and oxygen atoms in total. The van der Waals surface area contributed by atoms with E-state index in [0.717, 1.165) is 6.42 Å². The molecule has 0 aliphatic heterocycles. The van der Waals surface area contributed by atoms with Crippen LogP contribution in [0, 0.1) is 11.8 Å². The van der Waals surface area contributed by atoms with Crippen molar-refractivity contribution in [2.75, 3.05) is 10.6 Å². The molecule has 132 valence electrons. The Morgan fingerprint density at radius 1 is 1.00 bits per heavy atom. The van der Waals surface area contributed by atoms with Crippen LogP contribution in [0.3, 0.4) is 0 Å². The number of aromatic nitrogens is 2. The average Bonchev–Trinajstić information content (AvgIpc) is 3.22. The van der Waals surface area contributed by atoms with Crippen LogP contribution in [-0.2, 0) is 4.79 Å². The number of aromatic amines is 2. The van der Waals surface area contributed by atoms with E-state index in [4.69, 9.17) is 0 Å². The molecule has 0 unspecified atom stereocenters. The zero-order valence-corrected chi connectivity index (χ0v) is 14.1. The molecule has 2 aromatic carbocycles. The van der Waals surface area contributed by atoms with Gasteiger partial charge < -0.3 is 20.6 Å². The molecule has 0 saturated heterocycles. The SMILES string of the molecule is C[C@H]1C[C@@H]1C(=O)Nc1cccc(C(=O)Nc2ccc3[nH]c(=O)[nH]c3c2)c1. The van der Waals surface area contributed by atoms with E-state index in [9.17, 15) is 14.4 Å². The summed E-state index contributed by atoms with van der Waals surface area (Å²) in [7, 11) is 0. The van der Waals surface area contributed by atoms with Gasteiger partial charge >= 0.3 is 5.69 Å².